The Labute approximate surface area is 151 Å². The van der Waals surface area contributed by atoms with E-state index in [9.17, 15) is 4.79 Å². The van der Waals surface area contributed by atoms with Gasteiger partial charge in [-0.3, -0.25) is 4.79 Å². The first-order chi connectivity index (χ1) is 11.1. The Hall–Kier alpha value is -1.79. The average Bonchev–Trinajstić information content (AvgIpc) is 2.55. The van der Waals surface area contributed by atoms with Gasteiger partial charge in [-0.2, -0.15) is 0 Å². The summed E-state index contributed by atoms with van der Waals surface area (Å²) in [6.07, 6.45) is 3.15. The minimum Gasteiger partial charge on any atom is -0.495 e. The smallest absolute Gasteiger partial charge is 0.248 e. The number of hydrogen-bond acceptors (Lipinski definition) is 3. The average molecular weight is 441 g/mol. The van der Waals surface area contributed by atoms with Gasteiger partial charge in [0.1, 0.15) is 10.2 Å². The number of carbonyl (C=O) groups is 1. The molecule has 0 spiro atoms. The molecule has 23 heavy (non-hydrogen) atoms. The number of anilines is 1. The fraction of sp³-hybridized carbons (Fsp3) is 0.118. The molecule has 0 unspecified atom stereocenters. The number of rotatable bonds is 5. The van der Waals surface area contributed by atoms with Crippen LogP contribution in [0.2, 0.25) is 0 Å². The van der Waals surface area contributed by atoms with E-state index in [1.807, 2.05) is 36.4 Å². The maximum absolute atomic E-state index is 12.0. The van der Waals surface area contributed by atoms with E-state index in [0.29, 0.717) is 16.0 Å². The lowest BCUT2D eigenvalue weighted by molar-refractivity contribution is -0.111. The lowest BCUT2D eigenvalue weighted by atomic mass is 10.2. The van der Waals surface area contributed by atoms with Crippen molar-refractivity contribution in [3.8, 4) is 11.5 Å². The van der Waals surface area contributed by atoms with Crippen molar-refractivity contribution in [1.82, 2.24) is 0 Å². The van der Waals surface area contributed by atoms with Crippen LogP contribution in [0.4, 0.5) is 5.69 Å². The number of amides is 1. The van der Waals surface area contributed by atoms with Gasteiger partial charge in [0.2, 0.25) is 5.91 Å². The first-order valence-electron chi connectivity index (χ1n) is 6.71. The van der Waals surface area contributed by atoms with Crippen LogP contribution in [0.3, 0.4) is 0 Å². The van der Waals surface area contributed by atoms with E-state index in [2.05, 4.69) is 37.2 Å². The third-order valence-electron chi connectivity index (χ3n) is 3.03. The van der Waals surface area contributed by atoms with Gasteiger partial charge in [0.25, 0.3) is 0 Å². The summed E-state index contributed by atoms with van der Waals surface area (Å²) in [5.41, 5.74) is 1.51. The molecule has 0 bridgehead atoms. The van der Waals surface area contributed by atoms with E-state index in [1.165, 1.54) is 6.08 Å². The molecule has 4 nitrogen and oxygen atoms in total. The Balaban J connectivity index is 2.23. The SMILES string of the molecule is COc1cc(/C=C/C(=O)Nc2ccccc2)c(Br)c(OC)c1Br. The number of ether oxygens (including phenoxy) is 2. The topological polar surface area (TPSA) is 47.6 Å². The van der Waals surface area contributed by atoms with E-state index < -0.39 is 0 Å². The van der Waals surface area contributed by atoms with Crippen LogP contribution in [0.15, 0.2) is 51.4 Å². The van der Waals surface area contributed by atoms with Crippen LogP contribution < -0.4 is 14.8 Å². The second kappa shape index (κ2) is 8.17. The Morgan fingerprint density at radius 3 is 2.39 bits per heavy atom. The second-order valence-electron chi connectivity index (χ2n) is 4.52. The highest BCUT2D eigenvalue weighted by Gasteiger charge is 2.15. The van der Waals surface area contributed by atoms with Crippen molar-refractivity contribution < 1.29 is 14.3 Å². The summed E-state index contributed by atoms with van der Waals surface area (Å²) >= 11 is 6.91. The molecule has 2 aromatic rings. The lowest BCUT2D eigenvalue weighted by Gasteiger charge is -2.12. The van der Waals surface area contributed by atoms with Crippen molar-refractivity contribution in [2.75, 3.05) is 19.5 Å². The lowest BCUT2D eigenvalue weighted by Crippen LogP contribution is -2.07. The molecule has 0 aliphatic rings. The van der Waals surface area contributed by atoms with Crippen LogP contribution in [-0.4, -0.2) is 20.1 Å². The standard InChI is InChI=1S/C17H15Br2NO3/c1-22-13-10-11(15(18)17(23-2)16(13)19)8-9-14(21)20-12-6-4-3-5-7-12/h3-10H,1-2H3,(H,20,21)/b9-8+. The molecular weight excluding hydrogens is 426 g/mol. The zero-order valence-corrected chi connectivity index (χ0v) is 15.8. The van der Waals surface area contributed by atoms with Gasteiger partial charge >= 0.3 is 0 Å². The summed E-state index contributed by atoms with van der Waals surface area (Å²) in [7, 11) is 3.14. The zero-order chi connectivity index (χ0) is 16.8. The van der Waals surface area contributed by atoms with Gasteiger partial charge < -0.3 is 14.8 Å². The number of hydrogen-bond donors (Lipinski definition) is 1. The Kier molecular flexibility index (Phi) is 6.24. The molecule has 0 atom stereocenters. The third-order valence-corrected chi connectivity index (χ3v) is 4.60. The summed E-state index contributed by atoms with van der Waals surface area (Å²) in [4.78, 5) is 12.0. The Morgan fingerprint density at radius 2 is 1.78 bits per heavy atom. The predicted octanol–water partition coefficient (Wildman–Crippen LogP) is 4.88. The monoisotopic (exact) mass is 439 g/mol. The summed E-state index contributed by atoms with van der Waals surface area (Å²) in [5.74, 6) is 1.00. The number of nitrogens with one attached hydrogen (secondary N) is 1. The summed E-state index contributed by atoms with van der Waals surface area (Å²) in [5, 5.41) is 2.79. The van der Waals surface area contributed by atoms with Crippen molar-refractivity contribution in [2.24, 2.45) is 0 Å². The van der Waals surface area contributed by atoms with Crippen LogP contribution in [0.5, 0.6) is 11.5 Å². The summed E-state index contributed by atoms with van der Waals surface area (Å²) in [6.45, 7) is 0. The molecule has 2 aromatic carbocycles. The first-order valence-corrected chi connectivity index (χ1v) is 8.29. The highest BCUT2D eigenvalue weighted by atomic mass is 79.9. The van der Waals surface area contributed by atoms with E-state index >= 15 is 0 Å². The van der Waals surface area contributed by atoms with E-state index in [0.717, 1.165) is 15.7 Å². The fourth-order valence-electron chi connectivity index (χ4n) is 1.93. The maximum Gasteiger partial charge on any atom is 0.248 e. The minimum absolute atomic E-state index is 0.219. The van der Waals surface area contributed by atoms with Gasteiger partial charge in [-0.1, -0.05) is 18.2 Å². The summed E-state index contributed by atoms with van der Waals surface area (Å²) < 4.78 is 12.1. The van der Waals surface area contributed by atoms with E-state index in [4.69, 9.17) is 9.47 Å². The van der Waals surface area contributed by atoms with Crippen molar-refractivity contribution in [2.45, 2.75) is 0 Å². The van der Waals surface area contributed by atoms with Crippen molar-refractivity contribution in [1.29, 1.82) is 0 Å². The van der Waals surface area contributed by atoms with Gasteiger partial charge in [0, 0.05) is 11.8 Å². The normalized spacial score (nSPS) is 10.6. The van der Waals surface area contributed by atoms with Gasteiger partial charge in [-0.05, 0) is 61.7 Å². The molecule has 0 aliphatic carbocycles. The number of benzene rings is 2. The van der Waals surface area contributed by atoms with Gasteiger partial charge in [0.15, 0.2) is 5.75 Å². The predicted molar refractivity (Wildman–Crippen MR) is 99.1 cm³/mol. The fourth-order valence-corrected chi connectivity index (χ4v) is 3.44. The molecule has 6 heteroatoms. The molecule has 120 valence electrons. The van der Waals surface area contributed by atoms with E-state index in [-0.39, 0.29) is 5.91 Å². The molecule has 0 fully saturated rings. The maximum atomic E-state index is 12.0. The highest BCUT2D eigenvalue weighted by molar-refractivity contribution is 9.11. The first kappa shape index (κ1) is 17.6. The van der Waals surface area contributed by atoms with Crippen LogP contribution in [0, 0.1) is 0 Å². The molecule has 1 N–H and O–H groups in total. The minimum atomic E-state index is -0.219. The highest BCUT2D eigenvalue weighted by Crippen LogP contribution is 2.42. The summed E-state index contributed by atoms with van der Waals surface area (Å²) in [6, 6.07) is 11.1. The largest absolute Gasteiger partial charge is 0.495 e. The molecule has 0 radical (unpaired) electrons. The molecule has 1 amide bonds. The van der Waals surface area contributed by atoms with E-state index in [1.54, 1.807) is 20.3 Å². The Bertz CT molecular complexity index is 730. The van der Waals surface area contributed by atoms with Gasteiger partial charge in [0.05, 0.1) is 18.7 Å². The Morgan fingerprint density at radius 1 is 1.09 bits per heavy atom. The molecule has 0 saturated carbocycles. The number of halogens is 2. The molecule has 2 rings (SSSR count). The van der Waals surface area contributed by atoms with Gasteiger partial charge in [-0.25, -0.2) is 0 Å². The van der Waals surface area contributed by atoms with Crippen LogP contribution >= 0.6 is 31.9 Å². The second-order valence-corrected chi connectivity index (χ2v) is 6.10. The number of methoxy groups -OCH3 is 2. The molecule has 0 heterocycles. The van der Waals surface area contributed by atoms with Crippen LogP contribution in [0.25, 0.3) is 6.08 Å². The van der Waals surface area contributed by atoms with Crippen LogP contribution in [0.1, 0.15) is 5.56 Å². The van der Waals surface area contributed by atoms with Crippen molar-refractivity contribution in [3.05, 3.63) is 57.0 Å². The molecule has 0 aliphatic heterocycles. The van der Waals surface area contributed by atoms with Crippen LogP contribution in [-0.2, 0) is 4.79 Å². The van der Waals surface area contributed by atoms with Crippen molar-refractivity contribution in [3.63, 3.8) is 0 Å². The van der Waals surface area contributed by atoms with Gasteiger partial charge in [-0.15, -0.1) is 0 Å². The number of carbonyl (C=O) groups excluding carboxylic acids is 1. The quantitative estimate of drug-likeness (QED) is 0.674. The molecule has 0 aromatic heterocycles. The molecular formula is C17H15Br2NO3. The number of para-hydroxylation sites is 1. The van der Waals surface area contributed by atoms with Crippen molar-refractivity contribution >= 4 is 49.5 Å². The zero-order valence-electron chi connectivity index (χ0n) is 12.6. The molecule has 0 saturated heterocycles. The third kappa shape index (κ3) is 4.36.